The van der Waals surface area contributed by atoms with Gasteiger partial charge in [0.2, 0.25) is 0 Å². The molecule has 2 rings (SSSR count). The first-order valence-corrected chi connectivity index (χ1v) is 6.92. The number of ether oxygens (including phenoxy) is 2. The molecule has 0 bridgehead atoms. The lowest BCUT2D eigenvalue weighted by atomic mass is 10.2. The number of hydrogen-bond donors (Lipinski definition) is 1. The Balaban J connectivity index is 0.00000220. The Labute approximate surface area is 132 Å². The van der Waals surface area contributed by atoms with Crippen LogP contribution < -0.4 is 14.8 Å². The van der Waals surface area contributed by atoms with Crippen LogP contribution in [0.5, 0.6) is 11.5 Å². The van der Waals surface area contributed by atoms with E-state index in [1.807, 2.05) is 49.5 Å². The normalized spacial score (nSPS) is 9.76. The van der Waals surface area contributed by atoms with Crippen LogP contribution >= 0.6 is 12.4 Å². The van der Waals surface area contributed by atoms with E-state index in [4.69, 9.17) is 9.47 Å². The molecular weight excluding hydrogens is 286 g/mol. The van der Waals surface area contributed by atoms with Crippen molar-refractivity contribution in [1.82, 2.24) is 5.32 Å². The monoisotopic (exact) mass is 307 g/mol. The highest BCUT2D eigenvalue weighted by Crippen LogP contribution is 2.18. The van der Waals surface area contributed by atoms with Crippen molar-refractivity contribution in [2.45, 2.75) is 13.0 Å². The summed E-state index contributed by atoms with van der Waals surface area (Å²) in [5.41, 5.74) is 1.17. The first-order valence-electron chi connectivity index (χ1n) is 6.92. The Morgan fingerprint density at radius 1 is 0.857 bits per heavy atom. The zero-order chi connectivity index (χ0) is 14.0. The average Bonchev–Trinajstić information content (AvgIpc) is 2.52. The van der Waals surface area contributed by atoms with Gasteiger partial charge in [0.05, 0.1) is 6.61 Å². The van der Waals surface area contributed by atoms with Gasteiger partial charge in [0, 0.05) is 0 Å². The highest BCUT2D eigenvalue weighted by atomic mass is 35.5. The minimum absolute atomic E-state index is 0. The van der Waals surface area contributed by atoms with Gasteiger partial charge in [-0.05, 0) is 49.8 Å². The molecule has 2 aromatic rings. The van der Waals surface area contributed by atoms with E-state index in [2.05, 4.69) is 17.4 Å². The van der Waals surface area contributed by atoms with Crippen LogP contribution in [-0.4, -0.2) is 20.2 Å². The van der Waals surface area contributed by atoms with Gasteiger partial charge in [0.1, 0.15) is 18.1 Å². The second kappa shape index (κ2) is 10.1. The molecule has 3 nitrogen and oxygen atoms in total. The second-order valence-corrected chi connectivity index (χ2v) is 4.55. The van der Waals surface area contributed by atoms with Gasteiger partial charge in [0.15, 0.2) is 0 Å². The minimum Gasteiger partial charge on any atom is -0.494 e. The molecule has 0 heterocycles. The van der Waals surface area contributed by atoms with Gasteiger partial charge in [-0.3, -0.25) is 0 Å². The van der Waals surface area contributed by atoms with Crippen molar-refractivity contribution in [3.05, 3.63) is 60.2 Å². The highest BCUT2D eigenvalue weighted by molar-refractivity contribution is 5.85. The zero-order valence-electron chi connectivity index (χ0n) is 12.2. The molecule has 0 fully saturated rings. The third-order valence-electron chi connectivity index (χ3n) is 2.91. The Morgan fingerprint density at radius 3 is 2.10 bits per heavy atom. The smallest absolute Gasteiger partial charge is 0.120 e. The van der Waals surface area contributed by atoms with Crippen LogP contribution in [0.2, 0.25) is 0 Å². The van der Waals surface area contributed by atoms with Crippen LogP contribution in [0.3, 0.4) is 0 Å². The molecule has 0 unspecified atom stereocenters. The van der Waals surface area contributed by atoms with E-state index < -0.39 is 0 Å². The Bertz CT molecular complexity index is 488. The lowest BCUT2D eigenvalue weighted by Crippen LogP contribution is -2.11. The van der Waals surface area contributed by atoms with Gasteiger partial charge in [-0.1, -0.05) is 30.3 Å². The lowest BCUT2D eigenvalue weighted by Gasteiger charge is -2.08. The third kappa shape index (κ3) is 6.52. The summed E-state index contributed by atoms with van der Waals surface area (Å²) < 4.78 is 11.4. The molecule has 0 radical (unpaired) electrons. The molecule has 0 saturated heterocycles. The maximum Gasteiger partial charge on any atom is 0.120 e. The largest absolute Gasteiger partial charge is 0.494 e. The summed E-state index contributed by atoms with van der Waals surface area (Å²) >= 11 is 0. The van der Waals surface area contributed by atoms with Crippen LogP contribution in [0.25, 0.3) is 0 Å². The quantitative estimate of drug-likeness (QED) is 0.755. The highest BCUT2D eigenvalue weighted by Gasteiger charge is 1.97. The topological polar surface area (TPSA) is 30.5 Å². The van der Waals surface area contributed by atoms with E-state index >= 15 is 0 Å². The summed E-state index contributed by atoms with van der Waals surface area (Å²) in [6.45, 7) is 2.28. The first-order chi connectivity index (χ1) is 9.88. The molecule has 0 aliphatic heterocycles. The van der Waals surface area contributed by atoms with Crippen LogP contribution in [0.1, 0.15) is 12.0 Å². The van der Waals surface area contributed by atoms with E-state index in [1.165, 1.54) is 5.56 Å². The zero-order valence-corrected chi connectivity index (χ0v) is 13.1. The molecule has 0 amide bonds. The summed E-state index contributed by atoms with van der Waals surface area (Å²) in [5, 5.41) is 3.10. The standard InChI is InChI=1S/C17H21NO2.ClH/c1-18-12-5-13-19-16-8-10-17(11-9-16)20-14-15-6-3-2-4-7-15;/h2-4,6-11,18H,5,12-14H2,1H3;1H. The number of halogens is 1. The number of nitrogens with one attached hydrogen (secondary N) is 1. The van der Waals surface area contributed by atoms with Crippen molar-refractivity contribution in [3.8, 4) is 11.5 Å². The fourth-order valence-corrected chi connectivity index (χ4v) is 1.81. The molecule has 2 aromatic carbocycles. The molecular formula is C17H22ClNO2. The van der Waals surface area contributed by atoms with E-state index in [0.717, 1.165) is 31.1 Å². The summed E-state index contributed by atoms with van der Waals surface area (Å²) in [7, 11) is 1.94. The van der Waals surface area contributed by atoms with E-state index in [1.54, 1.807) is 0 Å². The maximum atomic E-state index is 5.72. The van der Waals surface area contributed by atoms with Crippen molar-refractivity contribution < 1.29 is 9.47 Å². The van der Waals surface area contributed by atoms with Crippen molar-refractivity contribution in [2.24, 2.45) is 0 Å². The summed E-state index contributed by atoms with van der Waals surface area (Å²) in [6.07, 6.45) is 1.00. The summed E-state index contributed by atoms with van der Waals surface area (Å²) in [5.74, 6) is 1.74. The van der Waals surface area contributed by atoms with Crippen molar-refractivity contribution in [2.75, 3.05) is 20.2 Å². The number of rotatable bonds is 8. The first kappa shape index (κ1) is 17.3. The third-order valence-corrected chi connectivity index (χ3v) is 2.91. The molecule has 4 heteroatoms. The van der Waals surface area contributed by atoms with Gasteiger partial charge in [-0.2, -0.15) is 0 Å². The van der Waals surface area contributed by atoms with Crippen molar-refractivity contribution >= 4 is 12.4 Å². The molecule has 0 aliphatic carbocycles. The Hall–Kier alpha value is -1.71. The molecule has 0 aromatic heterocycles. The number of hydrogen-bond acceptors (Lipinski definition) is 3. The summed E-state index contributed by atoms with van der Waals surface area (Å²) in [6, 6.07) is 17.9. The van der Waals surface area contributed by atoms with E-state index in [9.17, 15) is 0 Å². The molecule has 0 atom stereocenters. The fourth-order valence-electron chi connectivity index (χ4n) is 1.81. The van der Waals surface area contributed by atoms with Gasteiger partial charge in [0.25, 0.3) is 0 Å². The van der Waals surface area contributed by atoms with Crippen molar-refractivity contribution in [1.29, 1.82) is 0 Å². The average molecular weight is 308 g/mol. The lowest BCUT2D eigenvalue weighted by molar-refractivity contribution is 0.299. The molecule has 114 valence electrons. The van der Waals surface area contributed by atoms with Crippen LogP contribution in [0.4, 0.5) is 0 Å². The van der Waals surface area contributed by atoms with Crippen molar-refractivity contribution in [3.63, 3.8) is 0 Å². The van der Waals surface area contributed by atoms with Gasteiger partial charge < -0.3 is 14.8 Å². The Kier molecular flexibility index (Phi) is 8.32. The van der Waals surface area contributed by atoms with Gasteiger partial charge in [-0.15, -0.1) is 12.4 Å². The predicted molar refractivity (Wildman–Crippen MR) is 88.5 cm³/mol. The minimum atomic E-state index is 0. The molecule has 0 spiro atoms. The molecule has 0 aliphatic rings. The van der Waals surface area contributed by atoms with Crippen LogP contribution in [-0.2, 0) is 6.61 Å². The SMILES string of the molecule is CNCCCOc1ccc(OCc2ccccc2)cc1.Cl. The van der Waals surface area contributed by atoms with Gasteiger partial charge in [-0.25, -0.2) is 0 Å². The number of benzene rings is 2. The van der Waals surface area contributed by atoms with Gasteiger partial charge >= 0.3 is 0 Å². The van der Waals surface area contributed by atoms with Crippen LogP contribution in [0.15, 0.2) is 54.6 Å². The van der Waals surface area contributed by atoms with E-state index in [-0.39, 0.29) is 12.4 Å². The Morgan fingerprint density at radius 2 is 1.48 bits per heavy atom. The molecule has 21 heavy (non-hydrogen) atoms. The fraction of sp³-hybridized carbons (Fsp3) is 0.294. The molecule has 0 saturated carbocycles. The summed E-state index contributed by atoms with van der Waals surface area (Å²) in [4.78, 5) is 0. The van der Waals surface area contributed by atoms with E-state index in [0.29, 0.717) is 6.61 Å². The molecule has 1 N–H and O–H groups in total. The predicted octanol–water partition coefficient (Wildman–Crippen LogP) is 3.68. The second-order valence-electron chi connectivity index (χ2n) is 4.55. The maximum absolute atomic E-state index is 5.72. The van der Waals surface area contributed by atoms with Crippen LogP contribution in [0, 0.1) is 0 Å².